The molecule has 1 aromatic carbocycles. The number of rotatable bonds is 2. The maximum absolute atomic E-state index is 11.9. The van der Waals surface area contributed by atoms with E-state index in [9.17, 15) is 9.90 Å². The summed E-state index contributed by atoms with van der Waals surface area (Å²) < 4.78 is 0. The third kappa shape index (κ3) is 3.73. The van der Waals surface area contributed by atoms with E-state index < -0.39 is 6.10 Å². The first-order chi connectivity index (χ1) is 9.36. The number of urea groups is 1. The van der Waals surface area contributed by atoms with E-state index in [1.165, 1.54) is 5.56 Å². The summed E-state index contributed by atoms with van der Waals surface area (Å²) in [7, 11) is 0. The molecule has 2 atom stereocenters. The Balaban J connectivity index is 1.91. The van der Waals surface area contributed by atoms with E-state index in [1.807, 2.05) is 24.3 Å². The molecule has 0 spiro atoms. The Morgan fingerprint density at radius 1 is 1.20 bits per heavy atom. The SMILES string of the molecule is CC(C)(C)c1ccc(NC(=O)NC2CCCC2O)cc1. The number of aliphatic hydroxyl groups is 1. The summed E-state index contributed by atoms with van der Waals surface area (Å²) in [6.07, 6.45) is 2.17. The van der Waals surface area contributed by atoms with Crippen LogP contribution in [0.25, 0.3) is 0 Å². The van der Waals surface area contributed by atoms with Crippen molar-refractivity contribution in [2.45, 2.75) is 57.6 Å². The van der Waals surface area contributed by atoms with Crippen LogP contribution in [0.2, 0.25) is 0 Å². The molecular formula is C16H24N2O2. The van der Waals surface area contributed by atoms with Gasteiger partial charge in [0.1, 0.15) is 0 Å². The lowest BCUT2D eigenvalue weighted by Gasteiger charge is -2.20. The van der Waals surface area contributed by atoms with Crippen LogP contribution in [0.15, 0.2) is 24.3 Å². The van der Waals surface area contributed by atoms with E-state index in [4.69, 9.17) is 0 Å². The first kappa shape index (κ1) is 14.9. The number of anilines is 1. The molecular weight excluding hydrogens is 252 g/mol. The molecule has 0 aromatic heterocycles. The summed E-state index contributed by atoms with van der Waals surface area (Å²) in [6, 6.07) is 7.50. The Bertz CT molecular complexity index is 462. The zero-order valence-corrected chi connectivity index (χ0v) is 12.4. The molecule has 0 aliphatic heterocycles. The van der Waals surface area contributed by atoms with Crippen molar-refractivity contribution in [2.24, 2.45) is 0 Å². The summed E-state index contributed by atoms with van der Waals surface area (Å²) in [5.74, 6) is 0. The zero-order chi connectivity index (χ0) is 14.8. The van der Waals surface area contributed by atoms with Gasteiger partial charge in [0.2, 0.25) is 0 Å². The maximum Gasteiger partial charge on any atom is 0.319 e. The minimum absolute atomic E-state index is 0.106. The van der Waals surface area contributed by atoms with Crippen LogP contribution in [0.3, 0.4) is 0 Å². The smallest absolute Gasteiger partial charge is 0.319 e. The van der Waals surface area contributed by atoms with Gasteiger partial charge in [0.25, 0.3) is 0 Å². The van der Waals surface area contributed by atoms with Crippen molar-refractivity contribution >= 4 is 11.7 Å². The molecule has 2 amide bonds. The molecule has 3 N–H and O–H groups in total. The van der Waals surface area contributed by atoms with Crippen molar-refractivity contribution < 1.29 is 9.90 Å². The second-order valence-corrected chi connectivity index (χ2v) is 6.53. The van der Waals surface area contributed by atoms with E-state index in [0.29, 0.717) is 0 Å². The minimum atomic E-state index is -0.413. The van der Waals surface area contributed by atoms with E-state index >= 15 is 0 Å². The number of nitrogens with one attached hydrogen (secondary N) is 2. The lowest BCUT2D eigenvalue weighted by molar-refractivity contribution is 0.151. The summed E-state index contributed by atoms with van der Waals surface area (Å²) in [4.78, 5) is 11.9. The molecule has 1 aliphatic rings. The molecule has 1 aromatic rings. The van der Waals surface area contributed by atoms with Gasteiger partial charge in [-0.2, -0.15) is 0 Å². The first-order valence-electron chi connectivity index (χ1n) is 7.22. The van der Waals surface area contributed by atoms with Gasteiger partial charge in [0.05, 0.1) is 12.1 Å². The van der Waals surface area contributed by atoms with Gasteiger partial charge in [-0.15, -0.1) is 0 Å². The highest BCUT2D eigenvalue weighted by atomic mass is 16.3. The van der Waals surface area contributed by atoms with Crippen LogP contribution in [0.5, 0.6) is 0 Å². The van der Waals surface area contributed by atoms with Crippen molar-refractivity contribution in [2.75, 3.05) is 5.32 Å². The van der Waals surface area contributed by atoms with Crippen LogP contribution >= 0.6 is 0 Å². The number of hydrogen-bond acceptors (Lipinski definition) is 2. The summed E-state index contributed by atoms with van der Waals surface area (Å²) in [6.45, 7) is 6.47. The maximum atomic E-state index is 11.9. The standard InChI is InChI=1S/C16H24N2O2/c1-16(2,3)11-7-9-12(10-8-11)17-15(20)18-13-5-4-6-14(13)19/h7-10,13-14,19H,4-6H2,1-3H3,(H2,17,18,20). The molecule has 2 unspecified atom stereocenters. The summed E-state index contributed by atoms with van der Waals surface area (Å²) in [5, 5.41) is 15.3. The lowest BCUT2D eigenvalue weighted by atomic mass is 9.87. The van der Waals surface area contributed by atoms with Gasteiger partial charge < -0.3 is 15.7 Å². The Morgan fingerprint density at radius 3 is 2.35 bits per heavy atom. The lowest BCUT2D eigenvalue weighted by Crippen LogP contribution is -2.42. The van der Waals surface area contributed by atoms with Crippen molar-refractivity contribution in [1.29, 1.82) is 0 Å². The van der Waals surface area contributed by atoms with Gasteiger partial charge in [0, 0.05) is 5.69 Å². The molecule has 2 rings (SSSR count). The fraction of sp³-hybridized carbons (Fsp3) is 0.562. The molecule has 1 aliphatic carbocycles. The van der Waals surface area contributed by atoms with Crippen molar-refractivity contribution in [1.82, 2.24) is 5.32 Å². The number of aliphatic hydroxyl groups excluding tert-OH is 1. The highest BCUT2D eigenvalue weighted by Gasteiger charge is 2.26. The quantitative estimate of drug-likeness (QED) is 0.777. The second-order valence-electron chi connectivity index (χ2n) is 6.53. The average Bonchev–Trinajstić information content (AvgIpc) is 2.74. The van der Waals surface area contributed by atoms with E-state index in [1.54, 1.807) is 0 Å². The molecule has 20 heavy (non-hydrogen) atoms. The molecule has 110 valence electrons. The second kappa shape index (κ2) is 5.83. The van der Waals surface area contributed by atoms with Crippen LogP contribution in [0.1, 0.15) is 45.6 Å². The molecule has 4 nitrogen and oxygen atoms in total. The van der Waals surface area contributed by atoms with Crippen molar-refractivity contribution in [3.05, 3.63) is 29.8 Å². The van der Waals surface area contributed by atoms with Gasteiger partial charge in [-0.3, -0.25) is 0 Å². The molecule has 4 heteroatoms. The van der Waals surface area contributed by atoms with E-state index in [2.05, 4.69) is 31.4 Å². The average molecular weight is 276 g/mol. The largest absolute Gasteiger partial charge is 0.391 e. The predicted octanol–water partition coefficient (Wildman–Crippen LogP) is 3.02. The van der Waals surface area contributed by atoms with Crippen LogP contribution in [-0.2, 0) is 5.41 Å². The Morgan fingerprint density at radius 2 is 1.85 bits per heavy atom. The minimum Gasteiger partial charge on any atom is -0.391 e. The summed E-state index contributed by atoms with van der Waals surface area (Å²) >= 11 is 0. The van der Waals surface area contributed by atoms with Gasteiger partial charge >= 0.3 is 6.03 Å². The topological polar surface area (TPSA) is 61.4 Å². The zero-order valence-electron chi connectivity index (χ0n) is 12.4. The third-order valence-electron chi connectivity index (χ3n) is 3.80. The number of carbonyl (C=O) groups is 1. The molecule has 0 saturated heterocycles. The number of benzene rings is 1. The highest BCUT2D eigenvalue weighted by molar-refractivity contribution is 5.89. The van der Waals surface area contributed by atoms with E-state index in [-0.39, 0.29) is 17.5 Å². The van der Waals surface area contributed by atoms with Crippen LogP contribution in [0.4, 0.5) is 10.5 Å². The monoisotopic (exact) mass is 276 g/mol. The van der Waals surface area contributed by atoms with Crippen LogP contribution in [0, 0.1) is 0 Å². The Kier molecular flexibility index (Phi) is 4.33. The van der Waals surface area contributed by atoms with E-state index in [0.717, 1.165) is 24.9 Å². The molecule has 1 saturated carbocycles. The predicted molar refractivity (Wildman–Crippen MR) is 80.9 cm³/mol. The third-order valence-corrected chi connectivity index (χ3v) is 3.80. The summed E-state index contributed by atoms with van der Waals surface area (Å²) in [5.41, 5.74) is 2.10. The normalized spacial score (nSPS) is 22.6. The van der Waals surface area contributed by atoms with Crippen LogP contribution < -0.4 is 10.6 Å². The first-order valence-corrected chi connectivity index (χ1v) is 7.22. The molecule has 0 radical (unpaired) electrons. The molecule has 0 heterocycles. The Labute approximate surface area is 120 Å². The number of carbonyl (C=O) groups excluding carboxylic acids is 1. The van der Waals surface area contributed by atoms with Crippen molar-refractivity contribution in [3.63, 3.8) is 0 Å². The number of hydrogen-bond donors (Lipinski definition) is 3. The fourth-order valence-electron chi connectivity index (χ4n) is 2.50. The Hall–Kier alpha value is -1.55. The van der Waals surface area contributed by atoms with Crippen molar-refractivity contribution in [3.8, 4) is 0 Å². The van der Waals surface area contributed by atoms with Gasteiger partial charge in [-0.1, -0.05) is 32.9 Å². The van der Waals surface area contributed by atoms with Gasteiger partial charge in [-0.25, -0.2) is 4.79 Å². The fourth-order valence-corrected chi connectivity index (χ4v) is 2.50. The molecule has 0 bridgehead atoms. The highest BCUT2D eigenvalue weighted by Crippen LogP contribution is 2.23. The van der Waals surface area contributed by atoms with Gasteiger partial charge in [0.15, 0.2) is 0 Å². The number of amides is 2. The van der Waals surface area contributed by atoms with Crippen LogP contribution in [-0.4, -0.2) is 23.3 Å². The van der Waals surface area contributed by atoms with Gasteiger partial charge in [-0.05, 0) is 42.4 Å². The molecule has 1 fully saturated rings.